The van der Waals surface area contributed by atoms with E-state index in [1.165, 1.54) is 31.4 Å². The smallest absolute Gasteiger partial charge is 0.236 e. The van der Waals surface area contributed by atoms with Gasteiger partial charge in [-0.25, -0.2) is 4.39 Å². The highest BCUT2D eigenvalue weighted by atomic mass is 19.1. The zero-order valence-corrected chi connectivity index (χ0v) is 18.5. The second-order valence-corrected chi connectivity index (χ2v) is 9.05. The van der Waals surface area contributed by atoms with Crippen LogP contribution in [0.5, 0.6) is 0 Å². The zero-order chi connectivity index (χ0) is 21.9. The average Bonchev–Trinajstić information content (AvgIpc) is 2.80. The van der Waals surface area contributed by atoms with Crippen LogP contribution in [-0.4, -0.2) is 95.7 Å². The number of hydrogen-bond donors (Lipinski definition) is 0. The van der Waals surface area contributed by atoms with Crippen molar-refractivity contribution >= 4 is 11.7 Å². The molecule has 170 valence electrons. The molecule has 1 aromatic heterocycles. The maximum atomic E-state index is 13.1. The molecule has 2 aliphatic heterocycles. The number of nitrogens with zero attached hydrogens (tertiary/aromatic N) is 6. The highest BCUT2D eigenvalue weighted by molar-refractivity contribution is 5.78. The molecule has 3 heterocycles. The molecule has 8 heteroatoms. The molecule has 0 bridgehead atoms. The molecule has 2 saturated heterocycles. The molecule has 7 nitrogen and oxygen atoms in total. The molecule has 0 radical (unpaired) electrons. The van der Waals surface area contributed by atoms with Crippen molar-refractivity contribution in [2.45, 2.75) is 25.3 Å². The van der Waals surface area contributed by atoms with Gasteiger partial charge in [0.05, 0.1) is 12.2 Å². The highest BCUT2D eigenvalue weighted by Gasteiger charge is 2.30. The summed E-state index contributed by atoms with van der Waals surface area (Å²) in [4.78, 5) is 21.8. The Kier molecular flexibility index (Phi) is 6.32. The highest BCUT2D eigenvalue weighted by Crippen LogP contribution is 2.25. The first-order chi connectivity index (χ1) is 15.7. The first-order valence-electron chi connectivity index (χ1n) is 11.7. The second kappa shape index (κ2) is 9.50. The maximum Gasteiger partial charge on any atom is 0.236 e. The summed E-state index contributed by atoms with van der Waals surface area (Å²) >= 11 is 0. The average molecular weight is 439 g/mol. The van der Waals surface area contributed by atoms with Gasteiger partial charge in [-0.2, -0.15) is 0 Å². The molecule has 2 aromatic rings. The molecular formula is C24H31FN6O. The molecular weight excluding hydrogens is 407 g/mol. The van der Waals surface area contributed by atoms with Gasteiger partial charge in [0, 0.05) is 64.0 Å². The number of benzene rings is 1. The lowest BCUT2D eigenvalue weighted by Gasteiger charge is -2.43. The number of piperazine rings is 2. The number of carbonyl (C=O) groups excluding carboxylic acids is 1. The van der Waals surface area contributed by atoms with Crippen molar-refractivity contribution in [2.75, 3.05) is 63.8 Å². The molecule has 3 aliphatic rings. The largest absolute Gasteiger partial charge is 0.353 e. The van der Waals surface area contributed by atoms with Crippen LogP contribution in [0.4, 0.5) is 10.2 Å². The number of aromatic nitrogens is 2. The molecule has 0 N–H and O–H groups in total. The third-order valence-corrected chi connectivity index (χ3v) is 7.10. The van der Waals surface area contributed by atoms with Crippen LogP contribution in [0.1, 0.15) is 19.3 Å². The van der Waals surface area contributed by atoms with Gasteiger partial charge in [0.2, 0.25) is 5.91 Å². The van der Waals surface area contributed by atoms with Crippen molar-refractivity contribution in [3.8, 4) is 11.3 Å². The van der Waals surface area contributed by atoms with Crippen molar-refractivity contribution in [2.24, 2.45) is 0 Å². The third kappa shape index (κ3) is 4.76. The Morgan fingerprint density at radius 3 is 2.19 bits per heavy atom. The van der Waals surface area contributed by atoms with Gasteiger partial charge < -0.3 is 9.80 Å². The van der Waals surface area contributed by atoms with E-state index in [1.807, 2.05) is 17.0 Å². The number of hydrogen-bond acceptors (Lipinski definition) is 6. The molecule has 0 spiro atoms. The third-order valence-electron chi connectivity index (χ3n) is 7.10. The van der Waals surface area contributed by atoms with Gasteiger partial charge >= 0.3 is 0 Å². The van der Waals surface area contributed by atoms with Gasteiger partial charge in [0.1, 0.15) is 5.82 Å². The Morgan fingerprint density at radius 1 is 0.875 bits per heavy atom. The monoisotopic (exact) mass is 438 g/mol. The van der Waals surface area contributed by atoms with E-state index in [2.05, 4.69) is 24.9 Å². The van der Waals surface area contributed by atoms with Gasteiger partial charge in [-0.3, -0.25) is 14.6 Å². The second-order valence-electron chi connectivity index (χ2n) is 9.05. The Morgan fingerprint density at radius 2 is 1.59 bits per heavy atom. The van der Waals surface area contributed by atoms with Gasteiger partial charge in [0.15, 0.2) is 5.82 Å². The predicted octanol–water partition coefficient (Wildman–Crippen LogP) is 2.10. The fourth-order valence-corrected chi connectivity index (χ4v) is 4.78. The lowest BCUT2D eigenvalue weighted by Crippen LogP contribution is -2.56. The first kappa shape index (κ1) is 21.3. The molecule has 0 atom stereocenters. The number of anilines is 1. The summed E-state index contributed by atoms with van der Waals surface area (Å²) < 4.78 is 13.1. The van der Waals surface area contributed by atoms with Crippen molar-refractivity contribution in [1.29, 1.82) is 0 Å². The summed E-state index contributed by atoms with van der Waals surface area (Å²) in [7, 11) is 0. The van der Waals surface area contributed by atoms with Crippen molar-refractivity contribution in [3.63, 3.8) is 0 Å². The summed E-state index contributed by atoms with van der Waals surface area (Å²) in [5, 5.41) is 8.70. The van der Waals surface area contributed by atoms with E-state index >= 15 is 0 Å². The Hall–Kier alpha value is -2.58. The molecule has 0 unspecified atom stereocenters. The fraction of sp³-hybridized carbons (Fsp3) is 0.542. The Bertz CT molecular complexity index is 901. The summed E-state index contributed by atoms with van der Waals surface area (Å²) in [6.45, 7) is 7.63. The number of amides is 1. The van der Waals surface area contributed by atoms with Gasteiger partial charge in [-0.1, -0.05) is 6.42 Å². The van der Waals surface area contributed by atoms with E-state index in [0.717, 1.165) is 75.5 Å². The minimum Gasteiger partial charge on any atom is -0.353 e. The summed E-state index contributed by atoms with van der Waals surface area (Å²) in [6, 6.07) is 10.9. The molecule has 3 fully saturated rings. The SMILES string of the molecule is O=C(CN1CCN(c2ccc(-c3ccc(F)cc3)nn2)CC1)N1CCN(C2CCC2)CC1. The van der Waals surface area contributed by atoms with E-state index in [4.69, 9.17) is 0 Å². The van der Waals surface area contributed by atoms with Gasteiger partial charge in [0.25, 0.3) is 0 Å². The van der Waals surface area contributed by atoms with E-state index in [1.54, 1.807) is 12.1 Å². The normalized spacial score (nSPS) is 20.9. The number of halogens is 1. The Balaban J connectivity index is 1.08. The van der Waals surface area contributed by atoms with Crippen LogP contribution in [0.3, 0.4) is 0 Å². The van der Waals surface area contributed by atoms with E-state index in [9.17, 15) is 9.18 Å². The Labute approximate surface area is 188 Å². The van der Waals surface area contributed by atoms with Crippen LogP contribution < -0.4 is 4.90 Å². The lowest BCUT2D eigenvalue weighted by atomic mass is 9.91. The standard InChI is InChI=1S/C24H31FN6O/c25-20-6-4-19(5-7-20)22-8-9-23(27-26-22)30-12-10-28(11-13-30)18-24(32)31-16-14-29(15-17-31)21-2-1-3-21/h4-9,21H,1-3,10-18H2. The quantitative estimate of drug-likeness (QED) is 0.713. The van der Waals surface area contributed by atoms with Gasteiger partial charge in [-0.15, -0.1) is 10.2 Å². The summed E-state index contributed by atoms with van der Waals surface area (Å²) in [5.74, 6) is 0.842. The summed E-state index contributed by atoms with van der Waals surface area (Å²) in [6.07, 6.45) is 4.02. The molecule has 5 rings (SSSR count). The minimum atomic E-state index is -0.259. The first-order valence-corrected chi connectivity index (χ1v) is 11.7. The van der Waals surface area contributed by atoms with Crippen molar-refractivity contribution < 1.29 is 9.18 Å². The molecule has 1 aliphatic carbocycles. The predicted molar refractivity (Wildman–Crippen MR) is 122 cm³/mol. The zero-order valence-electron chi connectivity index (χ0n) is 18.5. The van der Waals surface area contributed by atoms with E-state index in [0.29, 0.717) is 6.54 Å². The van der Waals surface area contributed by atoms with Crippen LogP contribution in [0.15, 0.2) is 36.4 Å². The maximum absolute atomic E-state index is 13.1. The molecule has 1 amide bonds. The van der Waals surface area contributed by atoms with Crippen LogP contribution in [0.25, 0.3) is 11.3 Å². The minimum absolute atomic E-state index is 0.259. The van der Waals surface area contributed by atoms with Crippen molar-refractivity contribution in [3.05, 3.63) is 42.2 Å². The fourth-order valence-electron chi connectivity index (χ4n) is 4.78. The molecule has 1 aromatic carbocycles. The summed E-state index contributed by atoms with van der Waals surface area (Å²) in [5.41, 5.74) is 1.58. The number of rotatable bonds is 5. The van der Waals surface area contributed by atoms with Crippen molar-refractivity contribution in [1.82, 2.24) is 24.9 Å². The molecule has 1 saturated carbocycles. The van der Waals surface area contributed by atoms with Crippen LogP contribution in [-0.2, 0) is 4.79 Å². The van der Waals surface area contributed by atoms with Crippen LogP contribution >= 0.6 is 0 Å². The topological polar surface area (TPSA) is 55.8 Å². The molecule has 32 heavy (non-hydrogen) atoms. The van der Waals surface area contributed by atoms with Gasteiger partial charge in [-0.05, 0) is 49.2 Å². The lowest BCUT2D eigenvalue weighted by molar-refractivity contribution is -0.134. The van der Waals surface area contributed by atoms with Crippen LogP contribution in [0.2, 0.25) is 0 Å². The van der Waals surface area contributed by atoms with E-state index < -0.39 is 0 Å². The van der Waals surface area contributed by atoms with Crippen LogP contribution in [0, 0.1) is 5.82 Å². The number of carbonyl (C=O) groups is 1. The van der Waals surface area contributed by atoms with E-state index in [-0.39, 0.29) is 11.7 Å².